The van der Waals surface area contributed by atoms with Crippen LogP contribution >= 0.6 is 11.6 Å². The Morgan fingerprint density at radius 2 is 2.00 bits per heavy atom. The van der Waals surface area contributed by atoms with Crippen LogP contribution in [0.25, 0.3) is 10.9 Å². The summed E-state index contributed by atoms with van der Waals surface area (Å²) >= 11 is 6.04. The van der Waals surface area contributed by atoms with Crippen LogP contribution in [0.5, 0.6) is 5.75 Å². The van der Waals surface area contributed by atoms with Crippen molar-refractivity contribution in [2.24, 2.45) is 0 Å². The van der Waals surface area contributed by atoms with E-state index in [4.69, 9.17) is 16.3 Å². The van der Waals surface area contributed by atoms with Crippen molar-refractivity contribution in [3.05, 3.63) is 29.4 Å². The Hall–Kier alpha value is -1.81. The monoisotopic (exact) mass is 251 g/mol. The highest BCUT2D eigenvalue weighted by Crippen LogP contribution is 2.32. The number of esters is 1. The smallest absolute Gasteiger partial charge is 0.308 e. The summed E-state index contributed by atoms with van der Waals surface area (Å²) in [5.74, 6) is -0.292. The van der Waals surface area contributed by atoms with E-state index in [2.05, 4.69) is 0 Å². The van der Waals surface area contributed by atoms with Crippen LogP contribution in [0.2, 0.25) is 5.02 Å². The summed E-state index contributed by atoms with van der Waals surface area (Å²) in [7, 11) is 0. The van der Waals surface area contributed by atoms with Crippen LogP contribution in [-0.4, -0.2) is 16.4 Å². The molecule has 2 rings (SSSR count). The molecule has 0 radical (unpaired) electrons. The maximum absolute atomic E-state index is 11.5. The number of hydrogen-bond acceptors (Lipinski definition) is 3. The Kier molecular flexibility index (Phi) is 2.90. The fourth-order valence-electron chi connectivity index (χ4n) is 1.69. The number of halogens is 1. The summed E-state index contributed by atoms with van der Waals surface area (Å²) in [6, 6.07) is 5.17. The van der Waals surface area contributed by atoms with Crippen LogP contribution in [-0.2, 0) is 4.79 Å². The topological polar surface area (TPSA) is 48.3 Å². The van der Waals surface area contributed by atoms with E-state index in [0.717, 1.165) is 0 Å². The van der Waals surface area contributed by atoms with Gasteiger partial charge in [0, 0.05) is 19.2 Å². The number of aromatic nitrogens is 1. The second-order valence-corrected chi connectivity index (χ2v) is 4.02. The highest BCUT2D eigenvalue weighted by Gasteiger charge is 2.15. The molecule has 1 heterocycles. The minimum Gasteiger partial charge on any atom is -0.424 e. The molecule has 1 aromatic heterocycles. The van der Waals surface area contributed by atoms with Gasteiger partial charge in [0.05, 0.1) is 16.7 Å². The van der Waals surface area contributed by atoms with Crippen LogP contribution in [0, 0.1) is 0 Å². The Bertz CT molecular complexity index is 615. The predicted octanol–water partition coefficient (Wildman–Crippen LogP) is 2.88. The minimum absolute atomic E-state index is 0.193. The summed E-state index contributed by atoms with van der Waals surface area (Å²) < 4.78 is 6.41. The van der Waals surface area contributed by atoms with Gasteiger partial charge in [-0.15, -0.1) is 0 Å². The van der Waals surface area contributed by atoms with Gasteiger partial charge in [-0.2, -0.15) is 0 Å². The van der Waals surface area contributed by atoms with E-state index in [0.29, 0.717) is 21.7 Å². The lowest BCUT2D eigenvalue weighted by Crippen LogP contribution is -2.04. The summed E-state index contributed by atoms with van der Waals surface area (Å²) in [5, 5.41) is 1.08. The van der Waals surface area contributed by atoms with Gasteiger partial charge in [-0.1, -0.05) is 17.7 Å². The molecule has 0 amide bonds. The van der Waals surface area contributed by atoms with E-state index in [9.17, 15) is 9.59 Å². The second kappa shape index (κ2) is 4.22. The van der Waals surface area contributed by atoms with E-state index in [-0.39, 0.29) is 5.91 Å². The Labute approximate surface area is 103 Å². The highest BCUT2D eigenvalue weighted by atomic mass is 35.5. The highest BCUT2D eigenvalue weighted by molar-refractivity contribution is 6.35. The average Bonchev–Trinajstić information content (AvgIpc) is 2.58. The molecular formula is C12H10ClNO3. The maximum Gasteiger partial charge on any atom is 0.308 e. The van der Waals surface area contributed by atoms with Crippen LogP contribution < -0.4 is 4.74 Å². The van der Waals surface area contributed by atoms with Crippen LogP contribution in [0.1, 0.15) is 18.6 Å². The maximum atomic E-state index is 11.5. The molecule has 0 aliphatic carbocycles. The van der Waals surface area contributed by atoms with Gasteiger partial charge >= 0.3 is 5.97 Å². The zero-order valence-electron chi connectivity index (χ0n) is 9.36. The van der Waals surface area contributed by atoms with Gasteiger partial charge in [-0.25, -0.2) is 0 Å². The van der Waals surface area contributed by atoms with Crippen LogP contribution in [0.3, 0.4) is 0 Å². The van der Waals surface area contributed by atoms with Gasteiger partial charge in [-0.3, -0.25) is 14.2 Å². The Morgan fingerprint density at radius 3 is 2.59 bits per heavy atom. The molecule has 0 saturated heterocycles. The Morgan fingerprint density at radius 1 is 1.29 bits per heavy atom. The molecule has 0 N–H and O–H groups in total. The molecule has 0 bridgehead atoms. The standard InChI is InChI=1S/C12H10ClNO3/c1-7(15)14-6-11(17-8(2)16)9-4-3-5-10(13)12(9)14/h3-6H,1-2H3. The zero-order chi connectivity index (χ0) is 12.6. The van der Waals surface area contributed by atoms with E-state index < -0.39 is 5.97 Å². The molecule has 17 heavy (non-hydrogen) atoms. The zero-order valence-corrected chi connectivity index (χ0v) is 10.1. The summed E-state index contributed by atoms with van der Waals surface area (Å²) in [5.41, 5.74) is 0.554. The Balaban J connectivity index is 2.75. The van der Waals surface area contributed by atoms with Gasteiger partial charge in [0.1, 0.15) is 0 Å². The van der Waals surface area contributed by atoms with Gasteiger partial charge < -0.3 is 4.74 Å². The third-order valence-corrected chi connectivity index (χ3v) is 2.64. The number of benzene rings is 1. The van der Waals surface area contributed by atoms with Crippen molar-refractivity contribution in [1.29, 1.82) is 0 Å². The number of carbonyl (C=O) groups excluding carboxylic acids is 2. The molecule has 0 saturated carbocycles. The number of para-hydroxylation sites is 1. The molecule has 1 aromatic carbocycles. The quantitative estimate of drug-likeness (QED) is 0.732. The predicted molar refractivity (Wildman–Crippen MR) is 64.6 cm³/mol. The number of rotatable bonds is 1. The van der Waals surface area contributed by atoms with Crippen molar-refractivity contribution < 1.29 is 14.3 Å². The minimum atomic E-state index is -0.437. The van der Waals surface area contributed by atoms with E-state index in [1.54, 1.807) is 18.2 Å². The van der Waals surface area contributed by atoms with Crippen molar-refractivity contribution in [2.45, 2.75) is 13.8 Å². The normalized spacial score (nSPS) is 10.5. The van der Waals surface area contributed by atoms with Crippen molar-refractivity contribution in [3.8, 4) is 5.75 Å². The molecule has 0 aliphatic rings. The fourth-order valence-corrected chi connectivity index (χ4v) is 1.96. The van der Waals surface area contributed by atoms with Crippen molar-refractivity contribution in [3.63, 3.8) is 0 Å². The molecular weight excluding hydrogens is 242 g/mol. The van der Waals surface area contributed by atoms with Crippen LogP contribution in [0.15, 0.2) is 24.4 Å². The third kappa shape index (κ3) is 2.03. The van der Waals surface area contributed by atoms with Crippen molar-refractivity contribution in [1.82, 2.24) is 4.57 Å². The molecule has 4 nitrogen and oxygen atoms in total. The first-order valence-electron chi connectivity index (χ1n) is 4.99. The number of carbonyl (C=O) groups is 2. The first kappa shape index (κ1) is 11.7. The summed E-state index contributed by atoms with van der Waals surface area (Å²) in [6.45, 7) is 2.72. The van der Waals surface area contributed by atoms with E-state index in [1.165, 1.54) is 24.6 Å². The fraction of sp³-hybridized carbons (Fsp3) is 0.167. The third-order valence-electron chi connectivity index (χ3n) is 2.33. The molecule has 5 heteroatoms. The summed E-state index contributed by atoms with van der Waals surface area (Å²) in [4.78, 5) is 22.4. The number of fused-ring (bicyclic) bond motifs is 1. The molecule has 0 aliphatic heterocycles. The number of hydrogen-bond donors (Lipinski definition) is 0. The largest absolute Gasteiger partial charge is 0.424 e. The molecule has 0 atom stereocenters. The number of nitrogens with zero attached hydrogens (tertiary/aromatic N) is 1. The molecule has 0 fully saturated rings. The van der Waals surface area contributed by atoms with E-state index in [1.807, 2.05) is 0 Å². The van der Waals surface area contributed by atoms with Crippen molar-refractivity contribution >= 4 is 34.4 Å². The van der Waals surface area contributed by atoms with Crippen molar-refractivity contribution in [2.75, 3.05) is 0 Å². The van der Waals surface area contributed by atoms with Gasteiger partial charge in [-0.05, 0) is 12.1 Å². The molecule has 2 aromatic rings. The lowest BCUT2D eigenvalue weighted by Gasteiger charge is -2.00. The van der Waals surface area contributed by atoms with Gasteiger partial charge in [0.15, 0.2) is 5.75 Å². The lowest BCUT2D eigenvalue weighted by atomic mass is 10.2. The first-order chi connectivity index (χ1) is 8.00. The SMILES string of the molecule is CC(=O)Oc1cn(C(C)=O)c2c(Cl)cccc12. The number of ether oxygens (including phenoxy) is 1. The summed E-state index contributed by atoms with van der Waals surface area (Å²) in [6.07, 6.45) is 1.47. The molecule has 0 spiro atoms. The lowest BCUT2D eigenvalue weighted by molar-refractivity contribution is -0.131. The average molecular weight is 252 g/mol. The van der Waals surface area contributed by atoms with Gasteiger partial charge in [0.2, 0.25) is 5.91 Å². The van der Waals surface area contributed by atoms with Crippen LogP contribution in [0.4, 0.5) is 0 Å². The molecule has 0 unspecified atom stereocenters. The van der Waals surface area contributed by atoms with Gasteiger partial charge in [0.25, 0.3) is 0 Å². The first-order valence-corrected chi connectivity index (χ1v) is 5.37. The second-order valence-electron chi connectivity index (χ2n) is 3.61. The molecule has 88 valence electrons. The van der Waals surface area contributed by atoms with E-state index >= 15 is 0 Å².